The van der Waals surface area contributed by atoms with Crippen LogP contribution in [-0.2, 0) is 4.79 Å². The number of nitro groups is 1. The number of benzene rings is 1. The first-order valence-corrected chi connectivity index (χ1v) is 5.39. The number of carbonyl (C=O) groups excluding carboxylic acids is 1. The number of hydrogen-bond acceptors (Lipinski definition) is 5. The van der Waals surface area contributed by atoms with Gasteiger partial charge >= 0.3 is 0 Å². The summed E-state index contributed by atoms with van der Waals surface area (Å²) in [6.45, 7) is -0.304. The molecule has 1 aromatic rings. The summed E-state index contributed by atoms with van der Waals surface area (Å²) in [5.41, 5.74) is 0.641. The van der Waals surface area contributed by atoms with Crippen LogP contribution in [0.1, 0.15) is 17.9 Å². The summed E-state index contributed by atoms with van der Waals surface area (Å²) in [6, 6.07) is 5.03. The van der Waals surface area contributed by atoms with Gasteiger partial charge in [-0.2, -0.15) is 0 Å². The zero-order chi connectivity index (χ0) is 13.5. The van der Waals surface area contributed by atoms with Gasteiger partial charge in [-0.1, -0.05) is 6.07 Å². The second kappa shape index (κ2) is 6.58. The van der Waals surface area contributed by atoms with E-state index in [-0.39, 0.29) is 13.0 Å². The molecule has 0 bridgehead atoms. The summed E-state index contributed by atoms with van der Waals surface area (Å²) in [4.78, 5) is 20.8. The Balaban J connectivity index is 3.09. The highest BCUT2D eigenvalue weighted by Gasteiger charge is 2.21. The smallest absolute Gasteiger partial charge is 0.211 e. The Morgan fingerprint density at radius 3 is 2.61 bits per heavy atom. The fourth-order valence-electron chi connectivity index (χ4n) is 1.75. The van der Waals surface area contributed by atoms with Crippen LogP contribution in [0.3, 0.4) is 0 Å². The van der Waals surface area contributed by atoms with Crippen molar-refractivity contribution >= 4 is 6.29 Å². The largest absolute Gasteiger partial charge is 0.497 e. The molecule has 18 heavy (non-hydrogen) atoms. The predicted molar refractivity (Wildman–Crippen MR) is 64.8 cm³/mol. The van der Waals surface area contributed by atoms with E-state index in [9.17, 15) is 14.9 Å². The van der Waals surface area contributed by atoms with Gasteiger partial charge in [-0.05, 0) is 6.07 Å². The van der Waals surface area contributed by atoms with Crippen molar-refractivity contribution in [3.63, 3.8) is 0 Å². The van der Waals surface area contributed by atoms with Crippen molar-refractivity contribution in [3.8, 4) is 11.5 Å². The molecule has 1 unspecified atom stereocenters. The molecule has 6 heteroatoms. The van der Waals surface area contributed by atoms with Gasteiger partial charge in [0.1, 0.15) is 17.8 Å². The number of nitrogens with zero attached hydrogens (tertiary/aromatic N) is 1. The van der Waals surface area contributed by atoms with Gasteiger partial charge in [0.05, 0.1) is 20.1 Å². The quantitative estimate of drug-likeness (QED) is 0.419. The minimum absolute atomic E-state index is 0.0870. The Labute approximate surface area is 105 Å². The maximum absolute atomic E-state index is 10.6. The third-order valence-corrected chi connectivity index (χ3v) is 2.63. The van der Waals surface area contributed by atoms with Crippen LogP contribution in [0.2, 0.25) is 0 Å². The average molecular weight is 253 g/mol. The van der Waals surface area contributed by atoms with E-state index in [0.717, 1.165) is 0 Å². The molecule has 0 N–H and O–H groups in total. The lowest BCUT2D eigenvalue weighted by Crippen LogP contribution is -2.14. The van der Waals surface area contributed by atoms with Gasteiger partial charge in [-0.25, -0.2) is 0 Å². The zero-order valence-corrected chi connectivity index (χ0v) is 10.3. The van der Waals surface area contributed by atoms with Crippen molar-refractivity contribution in [2.24, 2.45) is 0 Å². The molecule has 0 radical (unpaired) electrons. The Bertz CT molecular complexity index is 432. The Kier molecular flexibility index (Phi) is 5.10. The van der Waals surface area contributed by atoms with Crippen molar-refractivity contribution in [1.82, 2.24) is 0 Å². The van der Waals surface area contributed by atoms with Crippen molar-refractivity contribution < 1.29 is 19.2 Å². The molecule has 0 aromatic heterocycles. The van der Waals surface area contributed by atoms with Crippen LogP contribution in [0, 0.1) is 10.1 Å². The number of methoxy groups -OCH3 is 2. The summed E-state index contributed by atoms with van der Waals surface area (Å²) < 4.78 is 10.2. The summed E-state index contributed by atoms with van der Waals surface area (Å²) in [5, 5.41) is 10.6. The minimum Gasteiger partial charge on any atom is -0.497 e. The second-order valence-corrected chi connectivity index (χ2v) is 3.72. The lowest BCUT2D eigenvalue weighted by atomic mass is 9.95. The first-order chi connectivity index (χ1) is 8.62. The highest BCUT2D eigenvalue weighted by atomic mass is 16.6. The number of hydrogen-bond donors (Lipinski definition) is 0. The highest BCUT2D eigenvalue weighted by Crippen LogP contribution is 2.32. The van der Waals surface area contributed by atoms with Crippen molar-refractivity contribution in [2.45, 2.75) is 12.3 Å². The molecule has 1 rings (SSSR count). The third kappa shape index (κ3) is 3.44. The van der Waals surface area contributed by atoms with E-state index in [1.165, 1.54) is 14.2 Å². The van der Waals surface area contributed by atoms with Crippen LogP contribution < -0.4 is 9.47 Å². The van der Waals surface area contributed by atoms with Gasteiger partial charge in [0.25, 0.3) is 0 Å². The molecule has 0 heterocycles. The molecule has 0 aliphatic rings. The fourth-order valence-corrected chi connectivity index (χ4v) is 1.75. The molecule has 1 atom stereocenters. The van der Waals surface area contributed by atoms with Crippen LogP contribution >= 0.6 is 0 Å². The van der Waals surface area contributed by atoms with Gasteiger partial charge < -0.3 is 14.3 Å². The van der Waals surface area contributed by atoms with E-state index in [0.29, 0.717) is 23.3 Å². The van der Waals surface area contributed by atoms with Crippen LogP contribution in [0.15, 0.2) is 18.2 Å². The molecule has 0 amide bonds. The number of rotatable bonds is 7. The molecular weight excluding hydrogens is 238 g/mol. The van der Waals surface area contributed by atoms with E-state index < -0.39 is 10.8 Å². The second-order valence-electron chi connectivity index (χ2n) is 3.72. The molecule has 98 valence electrons. The molecule has 0 saturated carbocycles. The topological polar surface area (TPSA) is 78.7 Å². The predicted octanol–water partition coefficient (Wildman–Crippen LogP) is 1.65. The normalized spacial score (nSPS) is 11.7. The zero-order valence-electron chi connectivity index (χ0n) is 10.3. The van der Waals surface area contributed by atoms with E-state index in [4.69, 9.17) is 9.47 Å². The van der Waals surface area contributed by atoms with Gasteiger partial charge in [-0.15, -0.1) is 0 Å². The first kappa shape index (κ1) is 14.0. The lowest BCUT2D eigenvalue weighted by molar-refractivity contribution is -0.483. The molecule has 1 aromatic carbocycles. The van der Waals surface area contributed by atoms with Crippen molar-refractivity contribution in [3.05, 3.63) is 33.9 Å². The molecule has 6 nitrogen and oxygen atoms in total. The maximum Gasteiger partial charge on any atom is 0.211 e. The number of carbonyl (C=O) groups is 1. The van der Waals surface area contributed by atoms with Gasteiger partial charge in [0, 0.05) is 23.0 Å². The molecule has 0 fully saturated rings. The van der Waals surface area contributed by atoms with E-state index in [1.54, 1.807) is 18.2 Å². The summed E-state index contributed by atoms with van der Waals surface area (Å²) >= 11 is 0. The molecule has 0 spiro atoms. The Morgan fingerprint density at radius 1 is 1.39 bits per heavy atom. The Hall–Kier alpha value is -2.11. The monoisotopic (exact) mass is 253 g/mol. The average Bonchev–Trinajstić information content (AvgIpc) is 2.37. The molecule has 0 aliphatic carbocycles. The van der Waals surface area contributed by atoms with Crippen LogP contribution in [0.5, 0.6) is 11.5 Å². The van der Waals surface area contributed by atoms with Crippen LogP contribution in [-0.4, -0.2) is 32.0 Å². The minimum atomic E-state index is -0.488. The fraction of sp³-hybridized carbons (Fsp3) is 0.417. The van der Waals surface area contributed by atoms with Crippen LogP contribution in [0.25, 0.3) is 0 Å². The van der Waals surface area contributed by atoms with Gasteiger partial charge in [0.2, 0.25) is 6.54 Å². The SMILES string of the molecule is COc1ccc(C(CC=O)C[N+](=O)[O-])c(OC)c1. The van der Waals surface area contributed by atoms with E-state index >= 15 is 0 Å². The maximum atomic E-state index is 10.6. The van der Waals surface area contributed by atoms with Crippen LogP contribution in [0.4, 0.5) is 0 Å². The standard InChI is InChI=1S/C12H15NO5/c1-17-10-3-4-11(12(7-10)18-2)9(5-6-14)8-13(15)16/h3-4,6-7,9H,5,8H2,1-2H3. The third-order valence-electron chi connectivity index (χ3n) is 2.63. The van der Waals surface area contributed by atoms with Crippen molar-refractivity contribution in [2.75, 3.05) is 20.8 Å². The molecular formula is C12H15NO5. The van der Waals surface area contributed by atoms with Gasteiger partial charge in [-0.3, -0.25) is 10.1 Å². The van der Waals surface area contributed by atoms with Gasteiger partial charge in [0.15, 0.2) is 0 Å². The van der Waals surface area contributed by atoms with E-state index in [2.05, 4.69) is 0 Å². The lowest BCUT2D eigenvalue weighted by Gasteiger charge is -2.15. The number of ether oxygens (including phenoxy) is 2. The first-order valence-electron chi connectivity index (χ1n) is 5.39. The van der Waals surface area contributed by atoms with E-state index in [1.807, 2.05) is 0 Å². The number of aldehydes is 1. The summed E-state index contributed by atoms with van der Waals surface area (Å²) in [5.74, 6) is 0.600. The van der Waals surface area contributed by atoms with Crippen molar-refractivity contribution in [1.29, 1.82) is 0 Å². The molecule has 0 aliphatic heterocycles. The summed E-state index contributed by atoms with van der Waals surface area (Å²) in [7, 11) is 3.00. The Morgan fingerprint density at radius 2 is 2.11 bits per heavy atom. The summed E-state index contributed by atoms with van der Waals surface area (Å²) in [6.07, 6.45) is 0.765. The molecule has 0 saturated heterocycles. The highest BCUT2D eigenvalue weighted by molar-refractivity contribution is 5.53.